The number of rotatable bonds is 5. The van der Waals surface area contributed by atoms with Crippen LogP contribution < -0.4 is 0 Å². The fourth-order valence-electron chi connectivity index (χ4n) is 7.86. The Bertz CT molecular complexity index is 3140. The summed E-state index contributed by atoms with van der Waals surface area (Å²) in [6.07, 6.45) is 0. The van der Waals surface area contributed by atoms with Gasteiger partial charge in [0.1, 0.15) is 11.2 Å². The third-order valence-electron chi connectivity index (χ3n) is 10.4. The van der Waals surface area contributed by atoms with Crippen molar-refractivity contribution in [2.75, 3.05) is 0 Å². The van der Waals surface area contributed by atoms with E-state index in [1.54, 1.807) is 0 Å². The fourth-order valence-corrected chi connectivity index (χ4v) is 7.86. The molecule has 11 rings (SSSR count). The monoisotopic (exact) mass is 690 g/mol. The van der Waals surface area contributed by atoms with Gasteiger partial charge in [0.2, 0.25) is 0 Å². The molecule has 5 heteroatoms. The standard InChI is InChI=1S/C49H30N4O/c1-4-13-32(14-5-1)47-50-48(33-15-6-2-7-16-33)52-49(51-47)36-21-24-39-41-28-34(23-27-44(41)54-45(39)30-36)35-20-25-40-43(29-35)53(37-17-8-3-9-18-37)42-26-22-31-12-10-11-19-38(31)46(40)42/h1-30H. The van der Waals surface area contributed by atoms with Gasteiger partial charge in [0.25, 0.3) is 0 Å². The first-order valence-corrected chi connectivity index (χ1v) is 18.1. The van der Waals surface area contributed by atoms with Crippen molar-refractivity contribution >= 4 is 54.5 Å². The van der Waals surface area contributed by atoms with Gasteiger partial charge >= 0.3 is 0 Å². The number of benzene rings is 8. The highest BCUT2D eigenvalue weighted by Gasteiger charge is 2.18. The van der Waals surface area contributed by atoms with Gasteiger partial charge in [0.15, 0.2) is 17.5 Å². The van der Waals surface area contributed by atoms with Crippen molar-refractivity contribution in [1.29, 1.82) is 0 Å². The molecular weight excluding hydrogens is 661 g/mol. The maximum atomic E-state index is 6.49. The lowest BCUT2D eigenvalue weighted by molar-refractivity contribution is 0.669. The van der Waals surface area contributed by atoms with E-state index >= 15 is 0 Å². The van der Waals surface area contributed by atoms with Crippen molar-refractivity contribution in [3.8, 4) is 51.0 Å². The number of hydrogen-bond acceptors (Lipinski definition) is 4. The fraction of sp³-hybridized carbons (Fsp3) is 0. The van der Waals surface area contributed by atoms with Gasteiger partial charge in [0, 0.05) is 43.9 Å². The minimum absolute atomic E-state index is 0.598. The van der Waals surface area contributed by atoms with Crippen LogP contribution in [0.3, 0.4) is 0 Å². The van der Waals surface area contributed by atoms with E-state index in [4.69, 9.17) is 19.4 Å². The third-order valence-corrected chi connectivity index (χ3v) is 10.4. The molecule has 0 aliphatic heterocycles. The maximum Gasteiger partial charge on any atom is 0.164 e. The Morgan fingerprint density at radius 1 is 0.352 bits per heavy atom. The summed E-state index contributed by atoms with van der Waals surface area (Å²) >= 11 is 0. The number of para-hydroxylation sites is 1. The molecule has 0 radical (unpaired) electrons. The van der Waals surface area contributed by atoms with Gasteiger partial charge in [-0.3, -0.25) is 0 Å². The molecule has 0 aliphatic rings. The first-order chi connectivity index (χ1) is 26.7. The molecule has 0 amide bonds. The first-order valence-electron chi connectivity index (χ1n) is 18.1. The molecule has 3 aromatic heterocycles. The maximum absolute atomic E-state index is 6.49. The average molecular weight is 691 g/mol. The highest BCUT2D eigenvalue weighted by molar-refractivity contribution is 6.21. The van der Waals surface area contributed by atoms with E-state index in [1.807, 2.05) is 66.7 Å². The van der Waals surface area contributed by atoms with E-state index in [0.717, 1.165) is 55.4 Å². The SMILES string of the molecule is c1ccc(-c2nc(-c3ccccc3)nc(-c3ccc4c(c3)oc3ccc(-c5ccc6c7c8ccccc8ccc7n(-c7ccccc7)c6c5)cc34)n2)cc1. The van der Waals surface area contributed by atoms with E-state index in [-0.39, 0.29) is 0 Å². The number of hydrogen-bond donors (Lipinski definition) is 0. The molecule has 8 aromatic carbocycles. The smallest absolute Gasteiger partial charge is 0.164 e. The zero-order chi connectivity index (χ0) is 35.6. The summed E-state index contributed by atoms with van der Waals surface area (Å²) in [6.45, 7) is 0. The topological polar surface area (TPSA) is 56.7 Å². The van der Waals surface area contributed by atoms with Crippen LogP contribution in [0, 0.1) is 0 Å². The lowest BCUT2D eigenvalue weighted by Crippen LogP contribution is -2.00. The van der Waals surface area contributed by atoms with Gasteiger partial charge in [-0.2, -0.15) is 0 Å². The van der Waals surface area contributed by atoms with Gasteiger partial charge in [-0.05, 0) is 70.4 Å². The summed E-state index contributed by atoms with van der Waals surface area (Å²) in [6, 6.07) is 63.4. The molecule has 5 nitrogen and oxygen atoms in total. The summed E-state index contributed by atoms with van der Waals surface area (Å²) in [7, 11) is 0. The molecule has 11 aromatic rings. The summed E-state index contributed by atoms with van der Waals surface area (Å²) in [5, 5.41) is 7.12. The Labute approximate surface area is 310 Å². The highest BCUT2D eigenvalue weighted by atomic mass is 16.3. The van der Waals surface area contributed by atoms with Gasteiger partial charge < -0.3 is 8.98 Å². The molecule has 0 saturated carbocycles. The van der Waals surface area contributed by atoms with Crippen LogP contribution in [0.5, 0.6) is 0 Å². The molecular formula is C49H30N4O. The van der Waals surface area contributed by atoms with Crippen molar-refractivity contribution in [2.45, 2.75) is 0 Å². The van der Waals surface area contributed by atoms with Crippen molar-refractivity contribution in [3.63, 3.8) is 0 Å². The van der Waals surface area contributed by atoms with Crippen LogP contribution in [-0.2, 0) is 0 Å². The number of aromatic nitrogens is 4. The molecule has 0 spiro atoms. The minimum atomic E-state index is 0.598. The average Bonchev–Trinajstić information content (AvgIpc) is 3.79. The van der Waals surface area contributed by atoms with Crippen LogP contribution in [0.15, 0.2) is 186 Å². The second kappa shape index (κ2) is 12.1. The molecule has 252 valence electrons. The van der Waals surface area contributed by atoms with Gasteiger partial charge in [0.05, 0.1) is 11.0 Å². The molecule has 3 heterocycles. The van der Waals surface area contributed by atoms with Crippen LogP contribution >= 0.6 is 0 Å². The zero-order valence-corrected chi connectivity index (χ0v) is 29.0. The molecule has 0 aliphatic carbocycles. The second-order valence-corrected chi connectivity index (χ2v) is 13.6. The van der Waals surface area contributed by atoms with Gasteiger partial charge in [-0.25, -0.2) is 15.0 Å². The Morgan fingerprint density at radius 3 is 1.69 bits per heavy atom. The van der Waals surface area contributed by atoms with E-state index < -0.39 is 0 Å². The van der Waals surface area contributed by atoms with Gasteiger partial charge in [-0.15, -0.1) is 0 Å². The highest BCUT2D eigenvalue weighted by Crippen LogP contribution is 2.40. The van der Waals surface area contributed by atoms with Crippen molar-refractivity contribution in [2.24, 2.45) is 0 Å². The Hall–Kier alpha value is -7.37. The molecule has 54 heavy (non-hydrogen) atoms. The second-order valence-electron chi connectivity index (χ2n) is 13.6. The molecule has 0 bridgehead atoms. The molecule has 0 fully saturated rings. The lowest BCUT2D eigenvalue weighted by Gasteiger charge is -2.09. The Morgan fingerprint density at radius 2 is 0.944 bits per heavy atom. The summed E-state index contributed by atoms with van der Waals surface area (Å²) in [5.74, 6) is 1.86. The number of fused-ring (bicyclic) bond motifs is 8. The van der Waals surface area contributed by atoms with Crippen LogP contribution in [0.25, 0.3) is 105 Å². The molecule has 0 saturated heterocycles. The largest absolute Gasteiger partial charge is 0.456 e. The van der Waals surface area contributed by atoms with Crippen LogP contribution in [0.4, 0.5) is 0 Å². The van der Waals surface area contributed by atoms with Crippen molar-refractivity contribution in [1.82, 2.24) is 19.5 Å². The van der Waals surface area contributed by atoms with Crippen molar-refractivity contribution < 1.29 is 4.42 Å². The number of furan rings is 1. The van der Waals surface area contributed by atoms with E-state index in [1.165, 1.54) is 32.6 Å². The predicted molar refractivity (Wildman–Crippen MR) is 221 cm³/mol. The molecule has 0 atom stereocenters. The Balaban J connectivity index is 1.04. The summed E-state index contributed by atoms with van der Waals surface area (Å²) < 4.78 is 8.88. The zero-order valence-electron chi connectivity index (χ0n) is 29.0. The predicted octanol–water partition coefficient (Wildman–Crippen LogP) is 12.7. The van der Waals surface area contributed by atoms with Crippen LogP contribution in [-0.4, -0.2) is 19.5 Å². The van der Waals surface area contributed by atoms with Crippen LogP contribution in [0.2, 0.25) is 0 Å². The molecule has 0 N–H and O–H groups in total. The van der Waals surface area contributed by atoms with Crippen molar-refractivity contribution in [3.05, 3.63) is 182 Å². The van der Waals surface area contributed by atoms with E-state index in [9.17, 15) is 0 Å². The summed E-state index contributed by atoms with van der Waals surface area (Å²) in [4.78, 5) is 14.7. The normalized spacial score (nSPS) is 11.7. The third kappa shape index (κ3) is 4.90. The lowest BCUT2D eigenvalue weighted by atomic mass is 9.99. The van der Waals surface area contributed by atoms with E-state index in [2.05, 4.69) is 120 Å². The quantitative estimate of drug-likeness (QED) is 0.180. The van der Waals surface area contributed by atoms with Crippen LogP contribution in [0.1, 0.15) is 0 Å². The molecule has 0 unspecified atom stereocenters. The van der Waals surface area contributed by atoms with E-state index in [0.29, 0.717) is 17.5 Å². The Kier molecular flexibility index (Phi) is 6.79. The number of nitrogens with zero attached hydrogens (tertiary/aromatic N) is 4. The minimum Gasteiger partial charge on any atom is -0.456 e. The summed E-state index contributed by atoms with van der Waals surface area (Å²) in [5.41, 5.74) is 10.1. The van der Waals surface area contributed by atoms with Gasteiger partial charge in [-0.1, -0.05) is 133 Å². The first kappa shape index (κ1) is 30.3.